The summed E-state index contributed by atoms with van der Waals surface area (Å²) in [6, 6.07) is 17.8. The number of ether oxygens (including phenoxy) is 2. The molecule has 0 amide bonds. The van der Waals surface area contributed by atoms with E-state index in [0.717, 1.165) is 38.7 Å². The fourth-order valence-electron chi connectivity index (χ4n) is 3.05. The van der Waals surface area contributed by atoms with E-state index in [0.29, 0.717) is 0 Å². The molecule has 29 heavy (non-hydrogen) atoms. The SMILES string of the molecule is COc1ccc2c(Oc3ccc(SNC(C)c4ccnn4C)cc3)ccnc2c1. The molecule has 1 atom stereocenters. The molecule has 2 heterocycles. The van der Waals surface area contributed by atoms with Crippen LogP contribution < -0.4 is 14.2 Å². The maximum atomic E-state index is 6.10. The maximum absolute atomic E-state index is 6.10. The summed E-state index contributed by atoms with van der Waals surface area (Å²) in [6.07, 6.45) is 3.55. The van der Waals surface area contributed by atoms with E-state index in [-0.39, 0.29) is 6.04 Å². The van der Waals surface area contributed by atoms with E-state index in [4.69, 9.17) is 9.47 Å². The van der Waals surface area contributed by atoms with E-state index in [1.54, 1.807) is 25.3 Å². The molecule has 148 valence electrons. The van der Waals surface area contributed by atoms with Crippen molar-refractivity contribution < 1.29 is 9.47 Å². The Balaban J connectivity index is 1.43. The molecule has 1 unspecified atom stereocenters. The molecule has 0 saturated carbocycles. The third-order valence-electron chi connectivity index (χ3n) is 4.62. The molecule has 7 heteroatoms. The maximum Gasteiger partial charge on any atom is 0.138 e. The summed E-state index contributed by atoms with van der Waals surface area (Å²) in [5, 5.41) is 5.16. The standard InChI is InChI=1S/C22H22N4O2S/c1-15(21-10-13-24-26(21)2)25-29-18-7-4-16(5-8-18)28-22-11-12-23-20-14-17(27-3)6-9-19(20)22/h4-15,25H,1-3H3. The van der Waals surface area contributed by atoms with Crippen LogP contribution in [0.3, 0.4) is 0 Å². The number of nitrogens with zero attached hydrogens (tertiary/aromatic N) is 3. The largest absolute Gasteiger partial charge is 0.497 e. The predicted molar refractivity (Wildman–Crippen MR) is 115 cm³/mol. The third-order valence-corrected chi connectivity index (χ3v) is 5.60. The van der Waals surface area contributed by atoms with Crippen molar-refractivity contribution in [1.29, 1.82) is 0 Å². The lowest BCUT2D eigenvalue weighted by Crippen LogP contribution is -2.14. The minimum absolute atomic E-state index is 0.184. The second-order valence-corrected chi connectivity index (χ2v) is 7.50. The summed E-state index contributed by atoms with van der Waals surface area (Å²) in [6.45, 7) is 2.12. The Labute approximate surface area is 174 Å². The molecule has 0 spiro atoms. The van der Waals surface area contributed by atoms with E-state index >= 15 is 0 Å². The normalized spacial score (nSPS) is 12.1. The van der Waals surface area contributed by atoms with Crippen molar-refractivity contribution in [2.45, 2.75) is 17.9 Å². The monoisotopic (exact) mass is 406 g/mol. The van der Waals surface area contributed by atoms with E-state index in [2.05, 4.69) is 21.7 Å². The number of hydrogen-bond acceptors (Lipinski definition) is 6. The Hall–Kier alpha value is -3.03. The topological polar surface area (TPSA) is 61.2 Å². The molecular formula is C22H22N4O2S. The van der Waals surface area contributed by atoms with Crippen LogP contribution >= 0.6 is 11.9 Å². The van der Waals surface area contributed by atoms with Crippen LogP contribution in [0.2, 0.25) is 0 Å². The molecule has 0 radical (unpaired) electrons. The summed E-state index contributed by atoms with van der Waals surface area (Å²) in [4.78, 5) is 5.50. The Morgan fingerprint density at radius 1 is 1.00 bits per heavy atom. The average molecular weight is 407 g/mol. The number of rotatable bonds is 7. The Morgan fingerprint density at radius 3 is 2.52 bits per heavy atom. The van der Waals surface area contributed by atoms with Crippen molar-refractivity contribution in [2.24, 2.45) is 7.05 Å². The zero-order valence-corrected chi connectivity index (χ0v) is 17.3. The van der Waals surface area contributed by atoms with E-state index < -0.39 is 0 Å². The first-order valence-electron chi connectivity index (χ1n) is 9.25. The van der Waals surface area contributed by atoms with Gasteiger partial charge in [0.25, 0.3) is 0 Å². The highest BCUT2D eigenvalue weighted by atomic mass is 32.2. The summed E-state index contributed by atoms with van der Waals surface area (Å²) < 4.78 is 16.7. The fraction of sp³-hybridized carbons (Fsp3) is 0.182. The lowest BCUT2D eigenvalue weighted by molar-refractivity contribution is 0.415. The number of benzene rings is 2. The van der Waals surface area contributed by atoms with Gasteiger partial charge in [0.2, 0.25) is 0 Å². The molecule has 0 bridgehead atoms. The van der Waals surface area contributed by atoms with Gasteiger partial charge < -0.3 is 9.47 Å². The number of hydrogen-bond donors (Lipinski definition) is 1. The van der Waals surface area contributed by atoms with Crippen LogP contribution in [0.25, 0.3) is 10.9 Å². The number of aromatic nitrogens is 3. The second-order valence-electron chi connectivity index (χ2n) is 6.59. The van der Waals surface area contributed by atoms with Crippen molar-refractivity contribution in [3.8, 4) is 17.2 Å². The molecule has 1 N–H and O–H groups in total. The van der Waals surface area contributed by atoms with E-state index in [9.17, 15) is 0 Å². The molecule has 6 nitrogen and oxygen atoms in total. The van der Waals surface area contributed by atoms with Gasteiger partial charge in [-0.05, 0) is 67.4 Å². The highest BCUT2D eigenvalue weighted by Gasteiger charge is 2.10. The quantitative estimate of drug-likeness (QED) is 0.430. The van der Waals surface area contributed by atoms with Gasteiger partial charge in [-0.15, -0.1) is 0 Å². The Kier molecular flexibility index (Phi) is 5.69. The highest BCUT2D eigenvalue weighted by molar-refractivity contribution is 7.97. The van der Waals surface area contributed by atoms with Crippen LogP contribution in [-0.4, -0.2) is 21.9 Å². The summed E-state index contributed by atoms with van der Waals surface area (Å²) in [5.41, 5.74) is 1.97. The Morgan fingerprint density at radius 2 is 1.79 bits per heavy atom. The van der Waals surface area contributed by atoms with Crippen LogP contribution in [0.1, 0.15) is 18.7 Å². The van der Waals surface area contributed by atoms with Crippen LogP contribution in [0, 0.1) is 0 Å². The van der Waals surface area contributed by atoms with Crippen molar-refractivity contribution in [3.63, 3.8) is 0 Å². The van der Waals surface area contributed by atoms with Crippen LogP contribution in [0.15, 0.2) is 71.9 Å². The number of pyridine rings is 1. The Bertz CT molecular complexity index is 1110. The number of fused-ring (bicyclic) bond motifs is 1. The van der Waals surface area contributed by atoms with Gasteiger partial charge in [-0.25, -0.2) is 0 Å². The first-order chi connectivity index (χ1) is 14.1. The molecule has 0 aliphatic rings. The van der Waals surface area contributed by atoms with Gasteiger partial charge in [-0.2, -0.15) is 5.10 Å². The minimum atomic E-state index is 0.184. The molecule has 0 saturated heterocycles. The van der Waals surface area contributed by atoms with Gasteiger partial charge in [0.1, 0.15) is 17.2 Å². The molecule has 2 aromatic carbocycles. The molecule has 2 aromatic heterocycles. The van der Waals surface area contributed by atoms with Gasteiger partial charge in [-0.3, -0.25) is 14.4 Å². The number of nitrogens with one attached hydrogen (secondary N) is 1. The van der Waals surface area contributed by atoms with Gasteiger partial charge in [0.05, 0.1) is 24.4 Å². The number of methoxy groups -OCH3 is 1. The zero-order valence-electron chi connectivity index (χ0n) is 16.5. The van der Waals surface area contributed by atoms with E-state index in [1.165, 1.54) is 0 Å². The predicted octanol–water partition coefficient (Wildman–Crippen LogP) is 5.13. The first-order valence-corrected chi connectivity index (χ1v) is 10.1. The van der Waals surface area contributed by atoms with Crippen molar-refractivity contribution >= 4 is 22.9 Å². The lowest BCUT2D eigenvalue weighted by Gasteiger charge is -2.14. The molecule has 4 aromatic rings. The van der Waals surface area contributed by atoms with Crippen LogP contribution in [0.4, 0.5) is 0 Å². The molecule has 4 rings (SSSR count). The van der Waals surface area contributed by atoms with Crippen molar-refractivity contribution in [1.82, 2.24) is 19.5 Å². The van der Waals surface area contributed by atoms with Crippen molar-refractivity contribution in [3.05, 3.63) is 72.7 Å². The number of aryl methyl sites for hydroxylation is 1. The van der Waals surface area contributed by atoms with Crippen LogP contribution in [0.5, 0.6) is 17.2 Å². The van der Waals surface area contributed by atoms with Gasteiger partial charge in [0, 0.05) is 35.8 Å². The smallest absolute Gasteiger partial charge is 0.138 e. The van der Waals surface area contributed by atoms with Gasteiger partial charge in [0.15, 0.2) is 0 Å². The third kappa shape index (κ3) is 4.36. The zero-order chi connectivity index (χ0) is 20.2. The highest BCUT2D eigenvalue weighted by Crippen LogP contribution is 2.31. The summed E-state index contributed by atoms with van der Waals surface area (Å²) >= 11 is 1.59. The lowest BCUT2D eigenvalue weighted by atomic mass is 10.2. The second kappa shape index (κ2) is 8.55. The minimum Gasteiger partial charge on any atom is -0.497 e. The van der Waals surface area contributed by atoms with Crippen LogP contribution in [-0.2, 0) is 7.05 Å². The summed E-state index contributed by atoms with van der Waals surface area (Å²) in [7, 11) is 3.59. The van der Waals surface area contributed by atoms with Gasteiger partial charge in [-0.1, -0.05) is 0 Å². The molecule has 0 aliphatic carbocycles. The molecule has 0 aliphatic heterocycles. The fourth-order valence-corrected chi connectivity index (χ4v) is 3.75. The molecular weight excluding hydrogens is 384 g/mol. The first kappa shape index (κ1) is 19.3. The summed E-state index contributed by atoms with van der Waals surface area (Å²) in [5.74, 6) is 2.31. The van der Waals surface area contributed by atoms with Crippen molar-refractivity contribution in [2.75, 3.05) is 7.11 Å². The average Bonchev–Trinajstić information content (AvgIpc) is 3.19. The van der Waals surface area contributed by atoms with E-state index in [1.807, 2.05) is 72.5 Å². The molecule has 0 fully saturated rings. The van der Waals surface area contributed by atoms with Gasteiger partial charge >= 0.3 is 0 Å².